The van der Waals surface area contributed by atoms with Crippen LogP contribution >= 0.6 is 15.9 Å². The molecule has 0 saturated carbocycles. The second kappa shape index (κ2) is 5.30. The summed E-state index contributed by atoms with van der Waals surface area (Å²) in [4.78, 5) is 7.75. The van der Waals surface area contributed by atoms with E-state index in [1.54, 1.807) is 0 Å². The summed E-state index contributed by atoms with van der Waals surface area (Å²) in [5.41, 5.74) is 2.26. The second-order valence-electron chi connectivity index (χ2n) is 3.86. The molecule has 0 amide bonds. The largest absolute Gasteiger partial charge is 0.342 e. The maximum atomic E-state index is 4.39. The number of nitrogens with zero attached hydrogens (tertiary/aromatic N) is 1. The van der Waals surface area contributed by atoms with Crippen molar-refractivity contribution in [3.05, 3.63) is 40.8 Å². The lowest BCUT2D eigenvalue weighted by Gasteiger charge is -1.98. The monoisotopic (exact) mass is 278 g/mol. The maximum absolute atomic E-state index is 4.39. The molecule has 0 bridgehead atoms. The molecule has 0 aliphatic carbocycles. The van der Waals surface area contributed by atoms with Crippen molar-refractivity contribution < 1.29 is 0 Å². The molecule has 0 aliphatic rings. The summed E-state index contributed by atoms with van der Waals surface area (Å²) in [6.07, 6.45) is 5.33. The first kappa shape index (κ1) is 11.4. The third-order valence-electron chi connectivity index (χ3n) is 2.53. The smallest absolute Gasteiger partial charge is 0.106 e. The van der Waals surface area contributed by atoms with Gasteiger partial charge in [-0.1, -0.05) is 41.4 Å². The average Bonchev–Trinajstić information content (AvgIpc) is 2.75. The number of hydrogen-bond donors (Lipinski definition) is 1. The fraction of sp³-hybridized carbons (Fsp3) is 0.308. The number of unbranched alkanes of at least 4 members (excludes halogenated alkanes) is 1. The van der Waals surface area contributed by atoms with E-state index in [4.69, 9.17) is 0 Å². The van der Waals surface area contributed by atoms with Gasteiger partial charge in [-0.05, 0) is 18.6 Å². The van der Waals surface area contributed by atoms with Crippen molar-refractivity contribution in [3.63, 3.8) is 0 Å². The molecule has 3 heteroatoms. The molecule has 84 valence electrons. The Balaban J connectivity index is 2.18. The molecule has 2 rings (SSSR count). The number of H-pyrrole nitrogens is 1. The number of aromatic nitrogens is 2. The predicted molar refractivity (Wildman–Crippen MR) is 70.3 cm³/mol. The van der Waals surface area contributed by atoms with Crippen molar-refractivity contribution >= 4 is 15.9 Å². The molecule has 0 fully saturated rings. The molecule has 0 radical (unpaired) electrons. The lowest BCUT2D eigenvalue weighted by Crippen LogP contribution is -1.87. The molecular formula is C13H15BrN2. The first-order valence-corrected chi connectivity index (χ1v) is 6.38. The van der Waals surface area contributed by atoms with Gasteiger partial charge in [-0.25, -0.2) is 4.98 Å². The first-order chi connectivity index (χ1) is 7.79. The van der Waals surface area contributed by atoms with Gasteiger partial charge in [0.05, 0.1) is 11.9 Å². The van der Waals surface area contributed by atoms with Crippen LogP contribution < -0.4 is 0 Å². The van der Waals surface area contributed by atoms with Gasteiger partial charge in [-0.2, -0.15) is 0 Å². The molecular weight excluding hydrogens is 264 g/mol. The van der Waals surface area contributed by atoms with E-state index >= 15 is 0 Å². The number of hydrogen-bond acceptors (Lipinski definition) is 1. The Morgan fingerprint density at radius 2 is 2.25 bits per heavy atom. The highest BCUT2D eigenvalue weighted by atomic mass is 79.9. The number of benzene rings is 1. The Bertz CT molecular complexity index is 462. The third kappa shape index (κ3) is 2.73. The van der Waals surface area contributed by atoms with Gasteiger partial charge in [0.25, 0.3) is 0 Å². The van der Waals surface area contributed by atoms with E-state index in [1.165, 1.54) is 18.4 Å². The van der Waals surface area contributed by atoms with E-state index in [2.05, 4.69) is 45.0 Å². The van der Waals surface area contributed by atoms with E-state index in [0.29, 0.717) is 0 Å². The molecule has 1 heterocycles. The Morgan fingerprint density at radius 3 is 3.00 bits per heavy atom. The van der Waals surface area contributed by atoms with Gasteiger partial charge in [0, 0.05) is 16.5 Å². The van der Waals surface area contributed by atoms with Crippen molar-refractivity contribution in [3.8, 4) is 11.3 Å². The highest BCUT2D eigenvalue weighted by Gasteiger charge is 2.03. The third-order valence-corrected chi connectivity index (χ3v) is 3.02. The van der Waals surface area contributed by atoms with E-state index in [9.17, 15) is 0 Å². The van der Waals surface area contributed by atoms with Gasteiger partial charge >= 0.3 is 0 Å². The summed E-state index contributed by atoms with van der Waals surface area (Å²) in [6, 6.07) is 8.24. The zero-order chi connectivity index (χ0) is 11.4. The molecule has 0 spiro atoms. The standard InChI is InChI=1S/C13H15BrN2/c1-2-3-7-13-15-9-12(16-13)10-5-4-6-11(14)8-10/h4-6,8-9H,2-3,7H2,1H3,(H,15,16). The van der Waals surface area contributed by atoms with Crippen LogP contribution in [0.5, 0.6) is 0 Å². The molecule has 1 aromatic heterocycles. The molecule has 2 nitrogen and oxygen atoms in total. The van der Waals surface area contributed by atoms with E-state index in [-0.39, 0.29) is 0 Å². The first-order valence-electron chi connectivity index (χ1n) is 5.59. The van der Waals surface area contributed by atoms with Crippen LogP contribution in [0.3, 0.4) is 0 Å². The summed E-state index contributed by atoms with van der Waals surface area (Å²) >= 11 is 3.47. The van der Waals surface area contributed by atoms with Gasteiger partial charge in [-0.15, -0.1) is 0 Å². The van der Waals surface area contributed by atoms with Crippen LogP contribution in [0, 0.1) is 0 Å². The van der Waals surface area contributed by atoms with Crippen molar-refractivity contribution in [2.75, 3.05) is 0 Å². The average molecular weight is 279 g/mol. The lowest BCUT2D eigenvalue weighted by molar-refractivity contribution is 0.763. The van der Waals surface area contributed by atoms with E-state index in [1.807, 2.05) is 18.3 Å². The number of aryl methyl sites for hydroxylation is 1. The Labute approximate surface area is 104 Å². The predicted octanol–water partition coefficient (Wildman–Crippen LogP) is 4.18. The molecule has 2 aromatic rings. The Hall–Kier alpha value is -1.09. The quantitative estimate of drug-likeness (QED) is 0.893. The van der Waals surface area contributed by atoms with Crippen LogP contribution in [0.25, 0.3) is 11.3 Å². The lowest BCUT2D eigenvalue weighted by atomic mass is 10.2. The number of imidazole rings is 1. The fourth-order valence-electron chi connectivity index (χ4n) is 1.64. The van der Waals surface area contributed by atoms with Crippen LogP contribution in [-0.2, 0) is 6.42 Å². The van der Waals surface area contributed by atoms with Gasteiger partial charge < -0.3 is 4.98 Å². The van der Waals surface area contributed by atoms with Crippen molar-refractivity contribution in [1.29, 1.82) is 0 Å². The van der Waals surface area contributed by atoms with Crippen molar-refractivity contribution in [2.24, 2.45) is 0 Å². The minimum Gasteiger partial charge on any atom is -0.342 e. The highest BCUT2D eigenvalue weighted by molar-refractivity contribution is 9.10. The maximum Gasteiger partial charge on any atom is 0.106 e. The number of halogens is 1. The van der Waals surface area contributed by atoms with Crippen LogP contribution in [0.2, 0.25) is 0 Å². The summed E-state index contributed by atoms with van der Waals surface area (Å²) < 4.78 is 1.09. The summed E-state index contributed by atoms with van der Waals surface area (Å²) in [5, 5.41) is 0. The molecule has 1 aromatic carbocycles. The summed E-state index contributed by atoms with van der Waals surface area (Å²) in [6.45, 7) is 2.19. The highest BCUT2D eigenvalue weighted by Crippen LogP contribution is 2.21. The van der Waals surface area contributed by atoms with Gasteiger partial charge in [-0.3, -0.25) is 0 Å². The van der Waals surface area contributed by atoms with Gasteiger partial charge in [0.15, 0.2) is 0 Å². The molecule has 0 saturated heterocycles. The van der Waals surface area contributed by atoms with E-state index < -0.39 is 0 Å². The minimum absolute atomic E-state index is 1.03. The minimum atomic E-state index is 1.03. The molecule has 1 N–H and O–H groups in total. The fourth-order valence-corrected chi connectivity index (χ4v) is 2.04. The van der Waals surface area contributed by atoms with E-state index in [0.717, 1.165) is 22.4 Å². The van der Waals surface area contributed by atoms with Crippen LogP contribution in [0.15, 0.2) is 34.9 Å². The number of nitrogens with one attached hydrogen (secondary N) is 1. The Morgan fingerprint density at radius 1 is 1.38 bits per heavy atom. The van der Waals surface area contributed by atoms with Crippen LogP contribution in [0.1, 0.15) is 25.6 Å². The van der Waals surface area contributed by atoms with Gasteiger partial charge in [0.2, 0.25) is 0 Å². The van der Waals surface area contributed by atoms with Gasteiger partial charge in [0.1, 0.15) is 5.82 Å². The summed E-state index contributed by atoms with van der Waals surface area (Å²) in [7, 11) is 0. The molecule has 0 unspecified atom stereocenters. The normalized spacial score (nSPS) is 10.6. The zero-order valence-corrected chi connectivity index (χ0v) is 10.9. The second-order valence-corrected chi connectivity index (χ2v) is 4.77. The number of aromatic amines is 1. The van der Waals surface area contributed by atoms with Crippen molar-refractivity contribution in [1.82, 2.24) is 9.97 Å². The topological polar surface area (TPSA) is 28.7 Å². The zero-order valence-electron chi connectivity index (χ0n) is 9.33. The SMILES string of the molecule is CCCCc1ncc(-c2cccc(Br)c2)[nH]1. The number of rotatable bonds is 4. The van der Waals surface area contributed by atoms with Crippen LogP contribution in [-0.4, -0.2) is 9.97 Å². The molecule has 0 atom stereocenters. The van der Waals surface area contributed by atoms with Crippen molar-refractivity contribution in [2.45, 2.75) is 26.2 Å². The molecule has 0 aliphatic heterocycles. The molecule has 16 heavy (non-hydrogen) atoms. The summed E-state index contributed by atoms with van der Waals surface area (Å²) in [5.74, 6) is 1.08. The van der Waals surface area contributed by atoms with Crippen LogP contribution in [0.4, 0.5) is 0 Å². The Kier molecular flexibility index (Phi) is 3.78.